The fraction of sp³-hybridized carbons (Fsp3) is 0.780. The van der Waals surface area contributed by atoms with Crippen molar-refractivity contribution < 1.29 is 28.6 Å². The fourth-order valence-corrected chi connectivity index (χ4v) is 7.79. The Morgan fingerprint density at radius 3 is 0.923 bits per heavy atom. The lowest BCUT2D eigenvalue weighted by molar-refractivity contribution is -0.167. The third-order valence-electron chi connectivity index (χ3n) is 12.0. The molecule has 376 valence electrons. The van der Waals surface area contributed by atoms with E-state index >= 15 is 0 Å². The number of unbranched alkanes of at least 4 members (excludes halogenated alkanes) is 31. The summed E-state index contributed by atoms with van der Waals surface area (Å²) >= 11 is 0. The number of esters is 3. The molecule has 0 aromatic carbocycles. The Bertz CT molecular complexity index is 1180. The number of hydrogen-bond donors (Lipinski definition) is 0. The normalized spacial score (nSPS) is 12.5. The lowest BCUT2D eigenvalue weighted by Gasteiger charge is -2.18. The molecule has 0 aliphatic rings. The van der Waals surface area contributed by atoms with E-state index in [9.17, 15) is 14.4 Å². The van der Waals surface area contributed by atoms with E-state index in [1.807, 2.05) is 0 Å². The van der Waals surface area contributed by atoms with Crippen LogP contribution in [0.5, 0.6) is 0 Å². The topological polar surface area (TPSA) is 78.9 Å². The van der Waals surface area contributed by atoms with E-state index in [4.69, 9.17) is 14.2 Å². The van der Waals surface area contributed by atoms with Gasteiger partial charge >= 0.3 is 17.9 Å². The van der Waals surface area contributed by atoms with Gasteiger partial charge in [-0.15, -0.1) is 0 Å². The first-order chi connectivity index (χ1) is 32.0. The summed E-state index contributed by atoms with van der Waals surface area (Å²) in [7, 11) is 0. The van der Waals surface area contributed by atoms with Crippen LogP contribution in [0.1, 0.15) is 278 Å². The van der Waals surface area contributed by atoms with Crippen molar-refractivity contribution in [3.05, 3.63) is 60.8 Å². The van der Waals surface area contributed by atoms with Crippen molar-refractivity contribution in [2.24, 2.45) is 0 Å². The molecule has 0 aromatic heterocycles. The standard InChI is InChI=1S/C59H104O6/c1-4-7-10-13-16-19-22-25-27-29-31-32-34-37-40-43-46-49-52-58(61)64-55-56(54-63-57(60)51-48-45-42-39-36-24-21-18-15-12-9-6-3)65-59(62)53-50-47-44-41-38-35-33-30-28-26-23-20-17-14-11-8-5-2/h18,21-22,25-29,31-32,56H,4-17,19-20,23-24,30,33-55H2,1-3H3/b21-18-,25-22-,28-26-,29-27-,32-31-. The number of carbonyl (C=O) groups is 3. The molecular weight excluding hydrogens is 805 g/mol. The van der Waals surface area contributed by atoms with Crippen molar-refractivity contribution in [2.75, 3.05) is 13.2 Å². The molecule has 65 heavy (non-hydrogen) atoms. The molecule has 0 N–H and O–H groups in total. The van der Waals surface area contributed by atoms with Gasteiger partial charge in [0.1, 0.15) is 13.2 Å². The number of allylic oxidation sites excluding steroid dienone is 10. The summed E-state index contributed by atoms with van der Waals surface area (Å²) in [6, 6.07) is 0. The zero-order valence-corrected chi connectivity index (χ0v) is 43.0. The van der Waals surface area contributed by atoms with Gasteiger partial charge in [-0.05, 0) is 96.3 Å². The van der Waals surface area contributed by atoms with Gasteiger partial charge in [0.2, 0.25) is 0 Å². The zero-order valence-electron chi connectivity index (χ0n) is 43.0. The molecule has 0 saturated carbocycles. The van der Waals surface area contributed by atoms with Crippen molar-refractivity contribution in [1.29, 1.82) is 0 Å². The van der Waals surface area contributed by atoms with E-state index in [2.05, 4.69) is 81.5 Å². The van der Waals surface area contributed by atoms with Crippen LogP contribution in [0.15, 0.2) is 60.8 Å². The first kappa shape index (κ1) is 62.1. The highest BCUT2D eigenvalue weighted by Crippen LogP contribution is 2.15. The molecule has 0 aliphatic carbocycles. The monoisotopic (exact) mass is 909 g/mol. The van der Waals surface area contributed by atoms with Crippen LogP contribution in [0.4, 0.5) is 0 Å². The summed E-state index contributed by atoms with van der Waals surface area (Å²) in [4.78, 5) is 38.1. The average molecular weight is 909 g/mol. The van der Waals surface area contributed by atoms with Gasteiger partial charge < -0.3 is 14.2 Å². The Morgan fingerprint density at radius 1 is 0.308 bits per heavy atom. The number of ether oxygens (including phenoxy) is 3. The third kappa shape index (κ3) is 51.9. The Balaban J connectivity index is 4.41. The van der Waals surface area contributed by atoms with E-state index in [-0.39, 0.29) is 31.1 Å². The van der Waals surface area contributed by atoms with Crippen molar-refractivity contribution >= 4 is 17.9 Å². The summed E-state index contributed by atoms with van der Waals surface area (Å²) in [5.74, 6) is -0.912. The largest absolute Gasteiger partial charge is 0.462 e. The molecule has 0 bridgehead atoms. The molecule has 1 unspecified atom stereocenters. The second kappa shape index (κ2) is 53.7. The summed E-state index contributed by atoms with van der Waals surface area (Å²) < 4.78 is 16.8. The van der Waals surface area contributed by atoms with Crippen molar-refractivity contribution in [1.82, 2.24) is 0 Å². The second-order valence-electron chi connectivity index (χ2n) is 18.5. The minimum Gasteiger partial charge on any atom is -0.462 e. The van der Waals surface area contributed by atoms with E-state index in [0.29, 0.717) is 19.3 Å². The van der Waals surface area contributed by atoms with Gasteiger partial charge in [-0.1, -0.05) is 223 Å². The lowest BCUT2D eigenvalue weighted by atomic mass is 10.1. The van der Waals surface area contributed by atoms with E-state index < -0.39 is 6.10 Å². The molecule has 0 spiro atoms. The number of carbonyl (C=O) groups excluding carboxylic acids is 3. The van der Waals surface area contributed by atoms with E-state index in [1.54, 1.807) is 0 Å². The van der Waals surface area contributed by atoms with Gasteiger partial charge in [0.15, 0.2) is 6.10 Å². The van der Waals surface area contributed by atoms with Gasteiger partial charge in [0, 0.05) is 19.3 Å². The molecule has 0 heterocycles. The molecule has 0 rings (SSSR count). The third-order valence-corrected chi connectivity index (χ3v) is 12.0. The maximum atomic E-state index is 12.8. The Morgan fingerprint density at radius 2 is 0.569 bits per heavy atom. The summed E-state index contributed by atoms with van der Waals surface area (Å²) in [6.45, 7) is 6.58. The molecule has 0 fully saturated rings. The molecule has 0 aromatic rings. The van der Waals surface area contributed by atoms with Crippen LogP contribution in [-0.2, 0) is 28.6 Å². The molecule has 0 aliphatic heterocycles. The Labute approximate surface area is 402 Å². The fourth-order valence-electron chi connectivity index (χ4n) is 7.79. The minimum absolute atomic E-state index is 0.0865. The zero-order chi connectivity index (χ0) is 47.2. The van der Waals surface area contributed by atoms with Crippen LogP contribution in [0.3, 0.4) is 0 Å². The summed E-state index contributed by atoms with van der Waals surface area (Å²) in [5, 5.41) is 0. The van der Waals surface area contributed by atoms with Crippen LogP contribution in [-0.4, -0.2) is 37.2 Å². The van der Waals surface area contributed by atoms with Gasteiger partial charge in [-0.2, -0.15) is 0 Å². The predicted octanol–water partition coefficient (Wildman–Crippen LogP) is 18.4. The lowest BCUT2D eigenvalue weighted by Crippen LogP contribution is -2.30. The van der Waals surface area contributed by atoms with Crippen LogP contribution in [0, 0.1) is 0 Å². The Hall–Kier alpha value is -2.89. The maximum absolute atomic E-state index is 12.8. The highest BCUT2D eigenvalue weighted by molar-refractivity contribution is 5.71. The van der Waals surface area contributed by atoms with Crippen LogP contribution in [0.25, 0.3) is 0 Å². The molecule has 0 amide bonds. The SMILES string of the molecule is CCCCC/C=C\CCCCCCCC(=O)OCC(COC(=O)CCCCCCC\C=C/C=C\C=C/CCCCCCC)OC(=O)CCCCCCCCC/C=C\CCCCCCCC. The van der Waals surface area contributed by atoms with Gasteiger partial charge in [-0.3, -0.25) is 14.4 Å². The van der Waals surface area contributed by atoms with Gasteiger partial charge in [0.05, 0.1) is 0 Å². The predicted molar refractivity (Wildman–Crippen MR) is 279 cm³/mol. The van der Waals surface area contributed by atoms with Gasteiger partial charge in [0.25, 0.3) is 0 Å². The Kier molecular flexibility index (Phi) is 51.3. The summed E-state index contributed by atoms with van der Waals surface area (Å²) in [6.07, 6.45) is 66.3. The second-order valence-corrected chi connectivity index (χ2v) is 18.5. The highest BCUT2D eigenvalue weighted by atomic mass is 16.6. The van der Waals surface area contributed by atoms with Crippen molar-refractivity contribution in [2.45, 2.75) is 284 Å². The van der Waals surface area contributed by atoms with Crippen molar-refractivity contribution in [3.8, 4) is 0 Å². The first-order valence-electron chi connectivity index (χ1n) is 27.8. The molecular formula is C59H104O6. The van der Waals surface area contributed by atoms with Gasteiger partial charge in [-0.25, -0.2) is 0 Å². The first-order valence-corrected chi connectivity index (χ1v) is 27.8. The van der Waals surface area contributed by atoms with E-state index in [1.165, 1.54) is 154 Å². The quantitative estimate of drug-likeness (QED) is 0.0199. The molecule has 0 saturated heterocycles. The van der Waals surface area contributed by atoms with Crippen LogP contribution < -0.4 is 0 Å². The number of hydrogen-bond acceptors (Lipinski definition) is 6. The molecule has 1 atom stereocenters. The number of rotatable bonds is 50. The van der Waals surface area contributed by atoms with Crippen molar-refractivity contribution in [3.63, 3.8) is 0 Å². The van der Waals surface area contributed by atoms with Crippen LogP contribution in [0.2, 0.25) is 0 Å². The smallest absolute Gasteiger partial charge is 0.306 e. The highest BCUT2D eigenvalue weighted by Gasteiger charge is 2.19. The molecule has 6 heteroatoms. The summed E-state index contributed by atoms with van der Waals surface area (Å²) in [5.41, 5.74) is 0. The molecule has 6 nitrogen and oxygen atoms in total. The average Bonchev–Trinajstić information content (AvgIpc) is 3.30. The van der Waals surface area contributed by atoms with E-state index in [0.717, 1.165) is 83.5 Å². The molecule has 0 radical (unpaired) electrons. The maximum Gasteiger partial charge on any atom is 0.306 e. The van der Waals surface area contributed by atoms with Crippen LogP contribution >= 0.6 is 0 Å². The minimum atomic E-state index is -0.787.